The van der Waals surface area contributed by atoms with Crippen molar-refractivity contribution >= 4 is 0 Å². The van der Waals surface area contributed by atoms with E-state index < -0.39 is 0 Å². The molecule has 0 aliphatic carbocycles. The third-order valence-electron chi connectivity index (χ3n) is 2.94. The number of unbranched alkanes of at least 4 members (excludes halogenated alkanes) is 4. The molecule has 0 bridgehead atoms. The van der Waals surface area contributed by atoms with Crippen LogP contribution in [0.3, 0.4) is 0 Å². The molecule has 0 N–H and O–H groups in total. The highest BCUT2D eigenvalue weighted by molar-refractivity contribution is 4.69. The predicted molar refractivity (Wildman–Crippen MR) is 58.3 cm³/mol. The SMILES string of the molecule is CCCCCCCC1OC(C)C(C)O1. The van der Waals surface area contributed by atoms with Crippen LogP contribution in [0.25, 0.3) is 0 Å². The van der Waals surface area contributed by atoms with Crippen molar-refractivity contribution in [2.75, 3.05) is 0 Å². The maximum Gasteiger partial charge on any atom is 0.158 e. The van der Waals surface area contributed by atoms with Gasteiger partial charge in [0.25, 0.3) is 0 Å². The summed E-state index contributed by atoms with van der Waals surface area (Å²) >= 11 is 0. The molecule has 0 aromatic carbocycles. The standard InChI is InChI=1S/C12H24O2/c1-4-5-6-7-8-9-12-13-10(2)11(3)14-12/h10-12H,4-9H2,1-3H3. The lowest BCUT2D eigenvalue weighted by Crippen LogP contribution is -2.13. The van der Waals surface area contributed by atoms with E-state index >= 15 is 0 Å². The molecule has 0 radical (unpaired) electrons. The second-order valence-corrected chi connectivity index (χ2v) is 4.31. The molecular formula is C12H24O2. The summed E-state index contributed by atoms with van der Waals surface area (Å²) in [7, 11) is 0. The van der Waals surface area contributed by atoms with Gasteiger partial charge in [0.1, 0.15) is 0 Å². The summed E-state index contributed by atoms with van der Waals surface area (Å²) in [5.41, 5.74) is 0. The van der Waals surface area contributed by atoms with Crippen LogP contribution >= 0.6 is 0 Å². The van der Waals surface area contributed by atoms with Crippen molar-refractivity contribution in [3.05, 3.63) is 0 Å². The van der Waals surface area contributed by atoms with E-state index in [0.29, 0.717) is 0 Å². The summed E-state index contributed by atoms with van der Waals surface area (Å²) in [6, 6.07) is 0. The van der Waals surface area contributed by atoms with Gasteiger partial charge in [0, 0.05) is 0 Å². The van der Waals surface area contributed by atoms with Gasteiger partial charge in [0.15, 0.2) is 6.29 Å². The highest BCUT2D eigenvalue weighted by atomic mass is 16.7. The molecule has 1 aliphatic heterocycles. The second-order valence-electron chi connectivity index (χ2n) is 4.31. The van der Waals surface area contributed by atoms with Gasteiger partial charge in [0.05, 0.1) is 12.2 Å². The summed E-state index contributed by atoms with van der Waals surface area (Å²) in [6.07, 6.45) is 8.27. The maximum atomic E-state index is 5.66. The lowest BCUT2D eigenvalue weighted by Gasteiger charge is -2.08. The van der Waals surface area contributed by atoms with Crippen molar-refractivity contribution in [2.24, 2.45) is 0 Å². The first-order chi connectivity index (χ1) is 6.74. The molecule has 1 heterocycles. The van der Waals surface area contributed by atoms with E-state index in [4.69, 9.17) is 9.47 Å². The summed E-state index contributed by atoms with van der Waals surface area (Å²) in [5.74, 6) is 0. The van der Waals surface area contributed by atoms with Gasteiger partial charge >= 0.3 is 0 Å². The Morgan fingerprint density at radius 1 is 0.857 bits per heavy atom. The highest BCUT2D eigenvalue weighted by Crippen LogP contribution is 2.22. The van der Waals surface area contributed by atoms with Crippen LogP contribution in [0.4, 0.5) is 0 Å². The Kier molecular flexibility index (Phi) is 5.49. The van der Waals surface area contributed by atoms with Crippen LogP contribution in [0.5, 0.6) is 0 Å². The Morgan fingerprint density at radius 3 is 2.00 bits per heavy atom. The monoisotopic (exact) mass is 200 g/mol. The lowest BCUT2D eigenvalue weighted by atomic mass is 10.1. The number of hydrogen-bond acceptors (Lipinski definition) is 2. The quantitative estimate of drug-likeness (QED) is 0.611. The molecule has 1 aliphatic rings. The summed E-state index contributed by atoms with van der Waals surface area (Å²) < 4.78 is 11.3. The van der Waals surface area contributed by atoms with Gasteiger partial charge in [-0.05, 0) is 26.7 Å². The van der Waals surface area contributed by atoms with Crippen LogP contribution in [-0.4, -0.2) is 18.5 Å². The molecular weight excluding hydrogens is 176 g/mol. The third kappa shape index (κ3) is 3.97. The van der Waals surface area contributed by atoms with Crippen LogP contribution in [0, 0.1) is 0 Å². The van der Waals surface area contributed by atoms with Crippen molar-refractivity contribution in [1.82, 2.24) is 0 Å². The van der Waals surface area contributed by atoms with Gasteiger partial charge in [-0.15, -0.1) is 0 Å². The number of ether oxygens (including phenoxy) is 2. The zero-order valence-electron chi connectivity index (χ0n) is 9.79. The Hall–Kier alpha value is -0.0800. The molecule has 2 unspecified atom stereocenters. The zero-order chi connectivity index (χ0) is 10.4. The smallest absolute Gasteiger partial charge is 0.158 e. The first-order valence-corrected chi connectivity index (χ1v) is 6.05. The molecule has 2 atom stereocenters. The van der Waals surface area contributed by atoms with Crippen molar-refractivity contribution in [2.45, 2.75) is 77.8 Å². The van der Waals surface area contributed by atoms with Gasteiger partial charge in [-0.25, -0.2) is 0 Å². The third-order valence-corrected chi connectivity index (χ3v) is 2.94. The molecule has 0 spiro atoms. The van der Waals surface area contributed by atoms with Crippen LogP contribution < -0.4 is 0 Å². The van der Waals surface area contributed by atoms with Gasteiger partial charge in [-0.1, -0.05) is 32.6 Å². The lowest BCUT2D eigenvalue weighted by molar-refractivity contribution is -0.0681. The first-order valence-electron chi connectivity index (χ1n) is 6.05. The fourth-order valence-corrected chi connectivity index (χ4v) is 1.78. The van der Waals surface area contributed by atoms with E-state index in [0.717, 1.165) is 6.42 Å². The van der Waals surface area contributed by atoms with Crippen molar-refractivity contribution in [1.29, 1.82) is 0 Å². The molecule has 1 fully saturated rings. The van der Waals surface area contributed by atoms with Crippen molar-refractivity contribution < 1.29 is 9.47 Å². The van der Waals surface area contributed by atoms with Crippen molar-refractivity contribution in [3.63, 3.8) is 0 Å². The highest BCUT2D eigenvalue weighted by Gasteiger charge is 2.28. The average Bonchev–Trinajstić information content (AvgIpc) is 2.46. The molecule has 0 saturated carbocycles. The molecule has 0 aromatic heterocycles. The molecule has 14 heavy (non-hydrogen) atoms. The molecule has 84 valence electrons. The van der Waals surface area contributed by atoms with Crippen LogP contribution in [0.1, 0.15) is 59.3 Å². The van der Waals surface area contributed by atoms with Gasteiger partial charge in [-0.3, -0.25) is 0 Å². The van der Waals surface area contributed by atoms with Crippen LogP contribution in [0.2, 0.25) is 0 Å². The van der Waals surface area contributed by atoms with Crippen molar-refractivity contribution in [3.8, 4) is 0 Å². The van der Waals surface area contributed by atoms with Crippen LogP contribution in [-0.2, 0) is 9.47 Å². The van der Waals surface area contributed by atoms with E-state index in [9.17, 15) is 0 Å². The van der Waals surface area contributed by atoms with Gasteiger partial charge in [-0.2, -0.15) is 0 Å². The molecule has 0 amide bonds. The largest absolute Gasteiger partial charge is 0.347 e. The second kappa shape index (κ2) is 6.41. The molecule has 1 saturated heterocycles. The summed E-state index contributed by atoms with van der Waals surface area (Å²) in [4.78, 5) is 0. The first kappa shape index (κ1) is 12.0. The molecule has 2 heteroatoms. The Labute approximate surface area is 88.0 Å². The van der Waals surface area contributed by atoms with Crippen LogP contribution in [0.15, 0.2) is 0 Å². The van der Waals surface area contributed by atoms with E-state index in [2.05, 4.69) is 20.8 Å². The minimum Gasteiger partial charge on any atom is -0.347 e. The topological polar surface area (TPSA) is 18.5 Å². The normalized spacial score (nSPS) is 32.4. The van der Waals surface area contributed by atoms with E-state index in [1.807, 2.05) is 0 Å². The fourth-order valence-electron chi connectivity index (χ4n) is 1.78. The molecule has 0 aromatic rings. The van der Waals surface area contributed by atoms with E-state index in [1.165, 1.54) is 32.1 Å². The van der Waals surface area contributed by atoms with Gasteiger partial charge < -0.3 is 9.47 Å². The minimum atomic E-state index is 0.0710. The summed E-state index contributed by atoms with van der Waals surface area (Å²) in [5, 5.41) is 0. The number of rotatable bonds is 6. The average molecular weight is 200 g/mol. The summed E-state index contributed by atoms with van der Waals surface area (Å²) in [6.45, 7) is 6.41. The van der Waals surface area contributed by atoms with Gasteiger partial charge in [0.2, 0.25) is 0 Å². The minimum absolute atomic E-state index is 0.0710. The Balaban J connectivity index is 1.97. The molecule has 1 rings (SSSR count). The predicted octanol–water partition coefficient (Wildman–Crippen LogP) is 3.50. The Bertz CT molecular complexity index is 137. The Morgan fingerprint density at radius 2 is 1.43 bits per heavy atom. The number of hydrogen-bond donors (Lipinski definition) is 0. The zero-order valence-corrected chi connectivity index (χ0v) is 9.79. The van der Waals surface area contributed by atoms with E-state index in [1.54, 1.807) is 0 Å². The molecule has 2 nitrogen and oxygen atoms in total. The maximum absolute atomic E-state index is 5.66. The van der Waals surface area contributed by atoms with E-state index in [-0.39, 0.29) is 18.5 Å². The fraction of sp³-hybridized carbons (Fsp3) is 1.00.